The molecule has 0 unspecified atom stereocenters. The van der Waals surface area contributed by atoms with E-state index in [0.29, 0.717) is 0 Å². The zero-order chi connectivity index (χ0) is 5.91. The molecule has 0 aromatic heterocycles. The third kappa shape index (κ3) is 5.50. The molecule has 0 radical (unpaired) electrons. The molecule has 0 aliphatic heterocycles. The molecule has 42 valence electrons. The van der Waals surface area contributed by atoms with Crippen molar-refractivity contribution in [3.8, 4) is 0 Å². The third-order valence-corrected chi connectivity index (χ3v) is 0.455. The maximum atomic E-state index is 8.84. The average molecular weight is 101 g/mol. The highest BCUT2D eigenvalue weighted by atomic mass is 16.3. The van der Waals surface area contributed by atoms with Crippen LogP contribution >= 0.6 is 0 Å². The van der Waals surface area contributed by atoms with Gasteiger partial charge in [0.15, 0.2) is 0 Å². The first-order valence-electron chi connectivity index (χ1n) is 2.17. The van der Waals surface area contributed by atoms with Gasteiger partial charge in [0.2, 0.25) is 0 Å². The van der Waals surface area contributed by atoms with E-state index in [2.05, 4.69) is 11.9 Å². The average Bonchev–Trinajstić information content (AvgIpc) is 1.30. The van der Waals surface area contributed by atoms with Crippen molar-refractivity contribution in [1.29, 1.82) is 0 Å². The molecule has 2 nitrogen and oxygen atoms in total. The van der Waals surface area contributed by atoms with Crippen LogP contribution in [0.5, 0.6) is 0 Å². The molecule has 0 fully saturated rings. The number of rotatable bonds is 2. The fourth-order valence-electron chi connectivity index (χ4n) is 0.250. The second kappa shape index (κ2) is 1.98. The van der Waals surface area contributed by atoms with Gasteiger partial charge in [-0.1, -0.05) is 6.58 Å². The summed E-state index contributed by atoms with van der Waals surface area (Å²) in [6.07, 6.45) is 1.46. The van der Waals surface area contributed by atoms with Gasteiger partial charge in [0.25, 0.3) is 0 Å². The second-order valence-corrected chi connectivity index (χ2v) is 1.91. The minimum absolute atomic E-state index is 0.818. The molecule has 0 saturated heterocycles. The third-order valence-electron chi connectivity index (χ3n) is 0.455. The topological polar surface area (TPSA) is 32.3 Å². The van der Waals surface area contributed by atoms with Gasteiger partial charge in [-0.25, -0.2) is 0 Å². The lowest BCUT2D eigenvalue weighted by Crippen LogP contribution is -2.34. The Labute approximate surface area is 43.9 Å². The Kier molecular flexibility index (Phi) is 1.84. The van der Waals surface area contributed by atoms with E-state index in [-0.39, 0.29) is 0 Å². The summed E-state index contributed by atoms with van der Waals surface area (Å²) in [6, 6.07) is 0. The van der Waals surface area contributed by atoms with Crippen LogP contribution < -0.4 is 5.32 Å². The first-order chi connectivity index (χ1) is 3.06. The maximum absolute atomic E-state index is 8.84. The minimum atomic E-state index is -0.818. The lowest BCUT2D eigenvalue weighted by Gasteiger charge is -2.15. The standard InChI is InChI=1S/C5H11NO/c1-4-6-5(2,3)7/h4,6-7H,1H2,2-3H3. The van der Waals surface area contributed by atoms with Gasteiger partial charge in [0.05, 0.1) is 0 Å². The maximum Gasteiger partial charge on any atom is 0.129 e. The molecular weight excluding hydrogens is 90.1 g/mol. The first kappa shape index (κ1) is 6.50. The van der Waals surface area contributed by atoms with Crippen LogP contribution in [0.25, 0.3) is 0 Å². The van der Waals surface area contributed by atoms with Crippen molar-refractivity contribution < 1.29 is 5.11 Å². The zero-order valence-electron chi connectivity index (χ0n) is 4.73. The molecule has 2 heteroatoms. The van der Waals surface area contributed by atoms with Crippen LogP contribution in [0.3, 0.4) is 0 Å². The van der Waals surface area contributed by atoms with Gasteiger partial charge in [-0.3, -0.25) is 0 Å². The van der Waals surface area contributed by atoms with Crippen molar-refractivity contribution in [2.75, 3.05) is 0 Å². The van der Waals surface area contributed by atoms with Crippen LogP contribution in [0.15, 0.2) is 12.8 Å². The van der Waals surface area contributed by atoms with Gasteiger partial charge >= 0.3 is 0 Å². The van der Waals surface area contributed by atoms with Crippen molar-refractivity contribution in [2.45, 2.75) is 19.6 Å². The molecule has 0 saturated carbocycles. The molecule has 0 spiro atoms. The monoisotopic (exact) mass is 101 g/mol. The molecule has 0 aromatic rings. The molecule has 0 bridgehead atoms. The summed E-state index contributed by atoms with van der Waals surface area (Å²) in [7, 11) is 0. The van der Waals surface area contributed by atoms with E-state index >= 15 is 0 Å². The van der Waals surface area contributed by atoms with Gasteiger partial charge in [-0.15, -0.1) is 0 Å². The zero-order valence-corrected chi connectivity index (χ0v) is 4.73. The van der Waals surface area contributed by atoms with Crippen LogP contribution in [0.2, 0.25) is 0 Å². The summed E-state index contributed by atoms with van der Waals surface area (Å²) in [6.45, 7) is 6.67. The number of aliphatic hydroxyl groups is 1. The predicted molar refractivity (Wildman–Crippen MR) is 29.6 cm³/mol. The van der Waals surface area contributed by atoms with E-state index in [1.807, 2.05) is 0 Å². The van der Waals surface area contributed by atoms with Gasteiger partial charge in [0, 0.05) is 0 Å². The summed E-state index contributed by atoms with van der Waals surface area (Å²) in [5.41, 5.74) is -0.818. The molecular formula is C5H11NO. The fourth-order valence-corrected chi connectivity index (χ4v) is 0.250. The molecule has 7 heavy (non-hydrogen) atoms. The molecule has 0 heterocycles. The summed E-state index contributed by atoms with van der Waals surface area (Å²) < 4.78 is 0. The van der Waals surface area contributed by atoms with Crippen molar-refractivity contribution in [3.63, 3.8) is 0 Å². The smallest absolute Gasteiger partial charge is 0.129 e. The van der Waals surface area contributed by atoms with Crippen molar-refractivity contribution in [2.24, 2.45) is 0 Å². The fraction of sp³-hybridized carbons (Fsp3) is 0.600. The molecule has 0 aromatic carbocycles. The number of nitrogens with one attached hydrogen (secondary N) is 1. The molecule has 0 aliphatic carbocycles. The van der Waals surface area contributed by atoms with Crippen LogP contribution in [0, 0.1) is 0 Å². The first-order valence-corrected chi connectivity index (χ1v) is 2.17. The van der Waals surface area contributed by atoms with Crippen molar-refractivity contribution in [3.05, 3.63) is 12.8 Å². The van der Waals surface area contributed by atoms with E-state index in [9.17, 15) is 0 Å². The van der Waals surface area contributed by atoms with Crippen LogP contribution in [0.1, 0.15) is 13.8 Å². The van der Waals surface area contributed by atoms with E-state index in [4.69, 9.17) is 5.11 Å². The van der Waals surface area contributed by atoms with E-state index in [1.165, 1.54) is 6.20 Å². The van der Waals surface area contributed by atoms with E-state index in [0.717, 1.165) is 0 Å². The normalized spacial score (nSPS) is 10.7. The SMILES string of the molecule is C=CNC(C)(C)O. The second-order valence-electron chi connectivity index (χ2n) is 1.91. The summed E-state index contributed by atoms with van der Waals surface area (Å²) in [5, 5.41) is 11.4. The van der Waals surface area contributed by atoms with Crippen LogP contribution in [-0.4, -0.2) is 10.8 Å². The Bertz CT molecular complexity index is 63.0. The van der Waals surface area contributed by atoms with Gasteiger partial charge in [0.1, 0.15) is 5.72 Å². The molecule has 2 N–H and O–H groups in total. The van der Waals surface area contributed by atoms with Crippen molar-refractivity contribution in [1.82, 2.24) is 5.32 Å². The Balaban J connectivity index is 3.34. The molecule has 0 aliphatic rings. The molecule has 0 atom stereocenters. The minimum Gasteiger partial charge on any atom is -0.372 e. The lowest BCUT2D eigenvalue weighted by atomic mass is 10.3. The summed E-state index contributed by atoms with van der Waals surface area (Å²) in [4.78, 5) is 0. The van der Waals surface area contributed by atoms with Crippen LogP contribution in [-0.2, 0) is 0 Å². The Morgan fingerprint density at radius 2 is 2.14 bits per heavy atom. The number of hydrogen-bond donors (Lipinski definition) is 2. The summed E-state index contributed by atoms with van der Waals surface area (Å²) >= 11 is 0. The molecule has 0 rings (SSSR count). The van der Waals surface area contributed by atoms with E-state index in [1.54, 1.807) is 13.8 Å². The Morgan fingerprint density at radius 3 is 2.14 bits per heavy atom. The predicted octanol–water partition coefficient (Wildman–Crippen LogP) is 0.448. The Morgan fingerprint density at radius 1 is 1.71 bits per heavy atom. The Hall–Kier alpha value is -0.500. The summed E-state index contributed by atoms with van der Waals surface area (Å²) in [5.74, 6) is 0. The van der Waals surface area contributed by atoms with E-state index < -0.39 is 5.72 Å². The molecule has 0 amide bonds. The van der Waals surface area contributed by atoms with Gasteiger partial charge < -0.3 is 10.4 Å². The quantitative estimate of drug-likeness (QED) is 0.495. The largest absolute Gasteiger partial charge is 0.372 e. The lowest BCUT2D eigenvalue weighted by molar-refractivity contribution is 0.0586. The van der Waals surface area contributed by atoms with Crippen molar-refractivity contribution >= 4 is 0 Å². The highest BCUT2D eigenvalue weighted by Crippen LogP contribution is 1.91. The number of hydrogen-bond acceptors (Lipinski definition) is 2. The highest BCUT2D eigenvalue weighted by Gasteiger charge is 2.05. The van der Waals surface area contributed by atoms with Crippen LogP contribution in [0.4, 0.5) is 0 Å². The van der Waals surface area contributed by atoms with Gasteiger partial charge in [-0.2, -0.15) is 0 Å². The van der Waals surface area contributed by atoms with Gasteiger partial charge in [-0.05, 0) is 20.0 Å². The highest BCUT2D eigenvalue weighted by molar-refractivity contribution is 4.71.